The third-order valence-corrected chi connectivity index (χ3v) is 3.31. The predicted octanol–water partition coefficient (Wildman–Crippen LogP) is 3.58. The number of benzene rings is 1. The van der Waals surface area contributed by atoms with Gasteiger partial charge < -0.3 is 10.6 Å². The Balaban J connectivity index is 2.14. The Labute approximate surface area is 117 Å². The molecule has 0 aromatic heterocycles. The third-order valence-electron chi connectivity index (χ3n) is 2.46. The fourth-order valence-corrected chi connectivity index (χ4v) is 2.27. The second kappa shape index (κ2) is 8.92. The molecule has 96 valence electrons. The molecule has 0 atom stereocenters. The Morgan fingerprint density at radius 3 is 2.65 bits per heavy atom. The van der Waals surface area contributed by atoms with Gasteiger partial charge in [-0.15, -0.1) is 0 Å². The average molecular weight is 320 g/mol. The number of hydrogen-bond donors (Lipinski definition) is 2. The maximum absolute atomic E-state index is 6.13. The standard InChI is InChI=1S/C13H20BrClN2/c1-2-6-16-7-3-8-17-10-11-4-5-12(14)9-13(11)15/h4-5,9,16-17H,2-3,6-8,10H2,1H3. The summed E-state index contributed by atoms with van der Waals surface area (Å²) in [5.74, 6) is 0. The maximum atomic E-state index is 6.13. The second-order valence-corrected chi connectivity index (χ2v) is 5.34. The monoisotopic (exact) mass is 318 g/mol. The van der Waals surface area contributed by atoms with Crippen LogP contribution >= 0.6 is 27.5 Å². The normalized spacial score (nSPS) is 10.8. The highest BCUT2D eigenvalue weighted by atomic mass is 79.9. The highest BCUT2D eigenvalue weighted by Crippen LogP contribution is 2.20. The minimum atomic E-state index is 0.816. The average Bonchev–Trinajstić information content (AvgIpc) is 2.30. The summed E-state index contributed by atoms with van der Waals surface area (Å²) < 4.78 is 1.02. The molecule has 0 unspecified atom stereocenters. The quantitative estimate of drug-likeness (QED) is 0.716. The zero-order valence-corrected chi connectivity index (χ0v) is 12.6. The molecule has 0 bridgehead atoms. The van der Waals surface area contributed by atoms with Crippen molar-refractivity contribution < 1.29 is 0 Å². The van der Waals surface area contributed by atoms with Crippen LogP contribution in [-0.2, 0) is 6.54 Å². The van der Waals surface area contributed by atoms with Gasteiger partial charge in [0.15, 0.2) is 0 Å². The number of halogens is 2. The zero-order chi connectivity index (χ0) is 12.5. The van der Waals surface area contributed by atoms with E-state index in [0.717, 1.165) is 47.7 Å². The Kier molecular flexibility index (Phi) is 7.86. The van der Waals surface area contributed by atoms with Gasteiger partial charge in [-0.2, -0.15) is 0 Å². The summed E-state index contributed by atoms with van der Waals surface area (Å²) in [6.45, 7) is 6.22. The van der Waals surface area contributed by atoms with Gasteiger partial charge in [-0.3, -0.25) is 0 Å². The van der Waals surface area contributed by atoms with Crippen LogP contribution in [0.3, 0.4) is 0 Å². The molecule has 4 heteroatoms. The summed E-state index contributed by atoms with van der Waals surface area (Å²) in [7, 11) is 0. The fourth-order valence-electron chi connectivity index (χ4n) is 1.53. The van der Waals surface area contributed by atoms with E-state index < -0.39 is 0 Å². The van der Waals surface area contributed by atoms with Crippen molar-refractivity contribution in [2.75, 3.05) is 19.6 Å². The summed E-state index contributed by atoms with van der Waals surface area (Å²) in [6.07, 6.45) is 2.34. The molecule has 2 N–H and O–H groups in total. The van der Waals surface area contributed by atoms with Gasteiger partial charge in [0.2, 0.25) is 0 Å². The van der Waals surface area contributed by atoms with Gasteiger partial charge in [0.25, 0.3) is 0 Å². The molecule has 1 aromatic rings. The van der Waals surface area contributed by atoms with Gasteiger partial charge in [0, 0.05) is 16.0 Å². The molecule has 0 aliphatic carbocycles. The fraction of sp³-hybridized carbons (Fsp3) is 0.538. The lowest BCUT2D eigenvalue weighted by atomic mass is 10.2. The van der Waals surface area contributed by atoms with Crippen LogP contribution in [0.4, 0.5) is 0 Å². The van der Waals surface area contributed by atoms with Crippen LogP contribution in [-0.4, -0.2) is 19.6 Å². The van der Waals surface area contributed by atoms with Crippen molar-refractivity contribution >= 4 is 27.5 Å². The Hall–Kier alpha value is -0.0900. The molecule has 0 aliphatic heterocycles. The SMILES string of the molecule is CCCNCCCNCc1ccc(Br)cc1Cl. The Bertz CT molecular complexity index is 331. The van der Waals surface area contributed by atoms with Gasteiger partial charge in [0.05, 0.1) is 0 Å². The third kappa shape index (κ3) is 6.41. The summed E-state index contributed by atoms with van der Waals surface area (Å²) in [4.78, 5) is 0. The molecule has 17 heavy (non-hydrogen) atoms. The van der Waals surface area contributed by atoms with Crippen LogP contribution in [0.5, 0.6) is 0 Å². The lowest BCUT2D eigenvalue weighted by molar-refractivity contribution is 0.592. The van der Waals surface area contributed by atoms with Crippen molar-refractivity contribution in [3.05, 3.63) is 33.3 Å². The molecular formula is C13H20BrClN2. The molecule has 0 fully saturated rings. The first-order valence-corrected chi connectivity index (χ1v) is 7.26. The van der Waals surface area contributed by atoms with Gasteiger partial charge in [-0.05, 0) is 50.2 Å². The number of hydrogen-bond acceptors (Lipinski definition) is 2. The predicted molar refractivity (Wildman–Crippen MR) is 78.6 cm³/mol. The van der Waals surface area contributed by atoms with Crippen LogP contribution in [0, 0.1) is 0 Å². The first kappa shape index (κ1) is 15.0. The summed E-state index contributed by atoms with van der Waals surface area (Å²) in [6, 6.07) is 6.00. The molecule has 0 amide bonds. The highest BCUT2D eigenvalue weighted by molar-refractivity contribution is 9.10. The van der Waals surface area contributed by atoms with E-state index in [2.05, 4.69) is 39.6 Å². The molecule has 0 radical (unpaired) electrons. The molecule has 0 aliphatic rings. The van der Waals surface area contributed by atoms with E-state index in [1.54, 1.807) is 0 Å². The van der Waals surface area contributed by atoms with Crippen molar-refractivity contribution in [3.63, 3.8) is 0 Å². The van der Waals surface area contributed by atoms with E-state index in [-0.39, 0.29) is 0 Å². The second-order valence-electron chi connectivity index (χ2n) is 4.02. The smallest absolute Gasteiger partial charge is 0.0462 e. The van der Waals surface area contributed by atoms with Crippen molar-refractivity contribution in [1.82, 2.24) is 10.6 Å². The molecule has 1 aromatic carbocycles. The largest absolute Gasteiger partial charge is 0.317 e. The van der Waals surface area contributed by atoms with E-state index in [1.807, 2.05) is 12.1 Å². The lowest BCUT2D eigenvalue weighted by Gasteiger charge is -2.07. The lowest BCUT2D eigenvalue weighted by Crippen LogP contribution is -2.22. The van der Waals surface area contributed by atoms with Crippen LogP contribution < -0.4 is 10.6 Å². The summed E-state index contributed by atoms with van der Waals surface area (Å²) >= 11 is 9.53. The first-order valence-electron chi connectivity index (χ1n) is 6.09. The van der Waals surface area contributed by atoms with Crippen LogP contribution in [0.2, 0.25) is 5.02 Å². The van der Waals surface area contributed by atoms with Gasteiger partial charge in [0.1, 0.15) is 0 Å². The topological polar surface area (TPSA) is 24.1 Å². The molecule has 1 rings (SSSR count). The van der Waals surface area contributed by atoms with Gasteiger partial charge in [-0.25, -0.2) is 0 Å². The van der Waals surface area contributed by atoms with Crippen molar-refractivity contribution in [1.29, 1.82) is 0 Å². The van der Waals surface area contributed by atoms with Gasteiger partial charge in [-0.1, -0.05) is 40.5 Å². The molecule has 2 nitrogen and oxygen atoms in total. The Morgan fingerprint density at radius 2 is 1.94 bits per heavy atom. The number of rotatable bonds is 8. The van der Waals surface area contributed by atoms with Crippen LogP contribution in [0.25, 0.3) is 0 Å². The molecule has 0 saturated carbocycles. The van der Waals surface area contributed by atoms with Crippen LogP contribution in [0.1, 0.15) is 25.3 Å². The van der Waals surface area contributed by atoms with E-state index in [9.17, 15) is 0 Å². The molecular weight excluding hydrogens is 300 g/mol. The molecule has 0 heterocycles. The van der Waals surface area contributed by atoms with Crippen LogP contribution in [0.15, 0.2) is 22.7 Å². The van der Waals surface area contributed by atoms with Crippen molar-refractivity contribution in [2.45, 2.75) is 26.3 Å². The van der Waals surface area contributed by atoms with E-state index in [4.69, 9.17) is 11.6 Å². The van der Waals surface area contributed by atoms with E-state index in [0.29, 0.717) is 0 Å². The summed E-state index contributed by atoms with van der Waals surface area (Å²) in [5.41, 5.74) is 1.15. The first-order chi connectivity index (χ1) is 8.24. The minimum absolute atomic E-state index is 0.816. The maximum Gasteiger partial charge on any atom is 0.0462 e. The van der Waals surface area contributed by atoms with E-state index >= 15 is 0 Å². The highest BCUT2D eigenvalue weighted by Gasteiger charge is 2.00. The molecule has 0 saturated heterocycles. The van der Waals surface area contributed by atoms with E-state index in [1.165, 1.54) is 6.42 Å². The van der Waals surface area contributed by atoms with Crippen molar-refractivity contribution in [2.24, 2.45) is 0 Å². The molecule has 0 spiro atoms. The Morgan fingerprint density at radius 1 is 1.18 bits per heavy atom. The van der Waals surface area contributed by atoms with Gasteiger partial charge >= 0.3 is 0 Å². The zero-order valence-electron chi connectivity index (χ0n) is 10.2. The number of nitrogens with one attached hydrogen (secondary N) is 2. The summed E-state index contributed by atoms with van der Waals surface area (Å²) in [5, 5.41) is 7.60. The van der Waals surface area contributed by atoms with Crippen molar-refractivity contribution in [3.8, 4) is 0 Å². The minimum Gasteiger partial charge on any atom is -0.317 e.